The number of carbonyl (C=O) groups excluding carboxylic acids is 1. The molecule has 1 aliphatic carbocycles. The van der Waals surface area contributed by atoms with E-state index in [0.717, 1.165) is 25.7 Å². The third-order valence-electron chi connectivity index (χ3n) is 3.97. The van der Waals surface area contributed by atoms with Crippen molar-refractivity contribution in [3.63, 3.8) is 0 Å². The largest absolute Gasteiger partial charge is 0.367 e. The lowest BCUT2D eigenvalue weighted by molar-refractivity contribution is -0.152. The first-order valence-electron chi connectivity index (χ1n) is 6.51. The Balaban J connectivity index is 2.67. The van der Waals surface area contributed by atoms with Gasteiger partial charge in [0.05, 0.1) is 5.60 Å². The number of nitrogens with two attached hydrogens (primary N) is 2. The Morgan fingerprint density at radius 2 is 1.82 bits per heavy atom. The second-order valence-electron chi connectivity index (χ2n) is 5.97. The van der Waals surface area contributed by atoms with Gasteiger partial charge in [0.15, 0.2) is 0 Å². The van der Waals surface area contributed by atoms with Crippen molar-refractivity contribution in [3.05, 3.63) is 0 Å². The van der Waals surface area contributed by atoms with Gasteiger partial charge in [-0.25, -0.2) is 0 Å². The minimum atomic E-state index is -0.500. The third kappa shape index (κ3) is 3.68. The van der Waals surface area contributed by atoms with Crippen LogP contribution in [-0.2, 0) is 9.53 Å². The number of carbonyl (C=O) groups is 1. The fourth-order valence-electron chi connectivity index (χ4n) is 2.40. The molecular weight excluding hydrogens is 216 g/mol. The maximum atomic E-state index is 11.2. The number of rotatable bonds is 5. The van der Waals surface area contributed by atoms with Crippen LogP contribution in [0.15, 0.2) is 0 Å². The van der Waals surface area contributed by atoms with Crippen molar-refractivity contribution >= 4 is 5.91 Å². The molecule has 0 aromatic rings. The minimum Gasteiger partial charge on any atom is -0.367 e. The van der Waals surface area contributed by atoms with Crippen LogP contribution in [0, 0.1) is 5.41 Å². The molecule has 0 spiro atoms. The van der Waals surface area contributed by atoms with E-state index >= 15 is 0 Å². The van der Waals surface area contributed by atoms with Crippen molar-refractivity contribution in [1.82, 2.24) is 0 Å². The van der Waals surface area contributed by atoms with Crippen molar-refractivity contribution < 1.29 is 9.53 Å². The summed E-state index contributed by atoms with van der Waals surface area (Å²) < 4.78 is 5.93. The van der Waals surface area contributed by atoms with Crippen LogP contribution in [0.2, 0.25) is 0 Å². The summed E-state index contributed by atoms with van der Waals surface area (Å²) in [4.78, 5) is 11.2. The van der Waals surface area contributed by atoms with Crippen LogP contribution in [0.3, 0.4) is 0 Å². The molecule has 0 aromatic heterocycles. The van der Waals surface area contributed by atoms with Crippen molar-refractivity contribution in [2.24, 2.45) is 16.9 Å². The first kappa shape index (κ1) is 14.5. The molecule has 1 aliphatic rings. The van der Waals surface area contributed by atoms with Crippen LogP contribution in [0.1, 0.15) is 52.9 Å². The van der Waals surface area contributed by atoms with Crippen LogP contribution >= 0.6 is 0 Å². The molecule has 0 aromatic carbocycles. The Hall–Kier alpha value is -0.610. The molecule has 4 nitrogen and oxygen atoms in total. The zero-order valence-electron chi connectivity index (χ0n) is 11.3. The highest BCUT2D eigenvalue weighted by Crippen LogP contribution is 2.42. The normalized spacial score (nSPS) is 24.2. The van der Waals surface area contributed by atoms with E-state index in [1.807, 2.05) is 6.92 Å². The molecule has 1 saturated carbocycles. The molecule has 1 rings (SSSR count). The molecule has 0 bridgehead atoms. The lowest BCUT2D eigenvalue weighted by Gasteiger charge is -2.44. The highest BCUT2D eigenvalue weighted by atomic mass is 16.5. The van der Waals surface area contributed by atoms with E-state index in [-0.39, 0.29) is 11.5 Å². The quantitative estimate of drug-likeness (QED) is 0.768. The van der Waals surface area contributed by atoms with Gasteiger partial charge in [0, 0.05) is 6.54 Å². The second kappa shape index (κ2) is 5.36. The average Bonchev–Trinajstić information content (AvgIpc) is 2.28. The summed E-state index contributed by atoms with van der Waals surface area (Å²) in [6, 6.07) is 0. The molecule has 1 unspecified atom stereocenters. The Labute approximate surface area is 104 Å². The van der Waals surface area contributed by atoms with Crippen molar-refractivity contribution in [2.75, 3.05) is 6.54 Å². The summed E-state index contributed by atoms with van der Waals surface area (Å²) in [5.74, 6) is -0.384. The number of amides is 1. The van der Waals surface area contributed by atoms with E-state index in [4.69, 9.17) is 16.2 Å². The van der Waals surface area contributed by atoms with E-state index in [1.54, 1.807) is 0 Å². The average molecular weight is 242 g/mol. The van der Waals surface area contributed by atoms with Gasteiger partial charge in [-0.05, 0) is 37.5 Å². The van der Waals surface area contributed by atoms with E-state index in [2.05, 4.69) is 13.8 Å². The summed E-state index contributed by atoms with van der Waals surface area (Å²) in [5.41, 5.74) is 11.2. The third-order valence-corrected chi connectivity index (χ3v) is 3.97. The lowest BCUT2D eigenvalue weighted by atomic mass is 9.71. The first-order valence-corrected chi connectivity index (χ1v) is 6.51. The number of hydrogen-bond acceptors (Lipinski definition) is 3. The van der Waals surface area contributed by atoms with E-state index in [0.29, 0.717) is 18.4 Å². The number of hydrogen-bond donors (Lipinski definition) is 2. The molecule has 0 radical (unpaired) electrons. The monoisotopic (exact) mass is 242 g/mol. The topological polar surface area (TPSA) is 78.3 Å². The molecule has 4 N–H and O–H groups in total. The van der Waals surface area contributed by atoms with Gasteiger partial charge in [0.25, 0.3) is 0 Å². The van der Waals surface area contributed by atoms with Gasteiger partial charge >= 0.3 is 0 Å². The summed E-state index contributed by atoms with van der Waals surface area (Å²) in [5, 5.41) is 0. The highest BCUT2D eigenvalue weighted by Gasteiger charge is 2.40. The summed E-state index contributed by atoms with van der Waals surface area (Å²) in [6.45, 7) is 6.90. The second-order valence-corrected chi connectivity index (χ2v) is 5.97. The van der Waals surface area contributed by atoms with Crippen LogP contribution in [0.25, 0.3) is 0 Å². The van der Waals surface area contributed by atoms with Gasteiger partial charge in [-0.1, -0.05) is 20.8 Å². The molecule has 1 fully saturated rings. The fraction of sp³-hybridized carbons (Fsp3) is 0.923. The molecule has 0 saturated heterocycles. The maximum Gasteiger partial charge on any atom is 0.246 e. The molecule has 100 valence electrons. The van der Waals surface area contributed by atoms with Crippen LogP contribution in [-0.4, -0.2) is 24.2 Å². The van der Waals surface area contributed by atoms with Crippen LogP contribution < -0.4 is 11.5 Å². The first-order chi connectivity index (χ1) is 7.84. The molecular formula is C13H26N2O2. The number of primary amides is 1. The Morgan fingerprint density at radius 1 is 1.29 bits per heavy atom. The predicted molar refractivity (Wildman–Crippen MR) is 68.4 cm³/mol. The van der Waals surface area contributed by atoms with Gasteiger partial charge in [-0.15, -0.1) is 0 Å². The Bertz CT molecular complexity index is 267. The molecule has 0 heterocycles. The van der Waals surface area contributed by atoms with Crippen molar-refractivity contribution in [2.45, 2.75) is 64.6 Å². The van der Waals surface area contributed by atoms with E-state index < -0.39 is 6.10 Å². The predicted octanol–water partition coefficient (Wildman–Crippen LogP) is 1.56. The zero-order chi connectivity index (χ0) is 13.1. The van der Waals surface area contributed by atoms with Gasteiger partial charge in [0.2, 0.25) is 5.91 Å². The highest BCUT2D eigenvalue weighted by molar-refractivity contribution is 5.78. The maximum absolute atomic E-state index is 11.2. The molecule has 4 heteroatoms. The Kier molecular flexibility index (Phi) is 4.55. The van der Waals surface area contributed by atoms with E-state index in [1.165, 1.54) is 0 Å². The van der Waals surface area contributed by atoms with Crippen LogP contribution in [0.4, 0.5) is 0 Å². The molecule has 1 atom stereocenters. The van der Waals surface area contributed by atoms with Crippen molar-refractivity contribution in [1.29, 1.82) is 0 Å². The smallest absolute Gasteiger partial charge is 0.246 e. The van der Waals surface area contributed by atoms with E-state index in [9.17, 15) is 4.79 Å². The Morgan fingerprint density at radius 3 is 2.18 bits per heavy atom. The SMILES string of the molecule is CCC(OC1(CN)CCC(C)(C)CC1)C(N)=O. The number of ether oxygens (including phenoxy) is 1. The molecule has 17 heavy (non-hydrogen) atoms. The fourth-order valence-corrected chi connectivity index (χ4v) is 2.40. The molecule has 1 amide bonds. The van der Waals surface area contributed by atoms with Crippen molar-refractivity contribution in [3.8, 4) is 0 Å². The molecule has 0 aliphatic heterocycles. The summed E-state index contributed by atoms with van der Waals surface area (Å²) in [7, 11) is 0. The lowest BCUT2D eigenvalue weighted by Crippen LogP contribution is -2.50. The summed E-state index contributed by atoms with van der Waals surface area (Å²) in [6.07, 6.45) is 4.11. The van der Waals surface area contributed by atoms with Crippen LogP contribution in [0.5, 0.6) is 0 Å². The minimum absolute atomic E-state index is 0.342. The van der Waals surface area contributed by atoms with Gasteiger partial charge in [0.1, 0.15) is 6.10 Å². The zero-order valence-corrected chi connectivity index (χ0v) is 11.3. The standard InChI is InChI=1S/C13H26N2O2/c1-4-10(11(15)16)17-13(9-14)7-5-12(2,3)6-8-13/h10H,4-9,14H2,1-3H3,(H2,15,16). The van der Waals surface area contributed by atoms with Gasteiger partial charge in [-0.3, -0.25) is 4.79 Å². The van der Waals surface area contributed by atoms with Gasteiger partial charge < -0.3 is 16.2 Å². The summed E-state index contributed by atoms with van der Waals surface area (Å²) >= 11 is 0. The van der Waals surface area contributed by atoms with Gasteiger partial charge in [-0.2, -0.15) is 0 Å².